The van der Waals surface area contributed by atoms with E-state index in [2.05, 4.69) is 16.0 Å². The molecule has 0 unspecified atom stereocenters. The maximum Gasteiger partial charge on any atom is 0.254 e. The van der Waals surface area contributed by atoms with E-state index in [-0.39, 0.29) is 5.91 Å². The third-order valence-electron chi connectivity index (χ3n) is 6.27. The second kappa shape index (κ2) is 10.1. The van der Waals surface area contributed by atoms with Crippen LogP contribution < -0.4 is 14.4 Å². The Morgan fingerprint density at radius 2 is 1.80 bits per heavy atom. The molecule has 0 aliphatic carbocycles. The van der Waals surface area contributed by atoms with Crippen LogP contribution in [0.3, 0.4) is 0 Å². The Hall–Kier alpha value is -4.00. The topological polar surface area (TPSA) is 59.3 Å². The molecular weight excluding hydrogens is 440 g/mol. The van der Waals surface area contributed by atoms with Gasteiger partial charge < -0.3 is 23.7 Å². The van der Waals surface area contributed by atoms with Gasteiger partial charge in [-0.25, -0.2) is 4.98 Å². The van der Waals surface area contributed by atoms with Crippen LogP contribution in [0, 0.1) is 6.92 Å². The number of anilines is 1. The average Bonchev–Trinajstić information content (AvgIpc) is 3.33. The highest BCUT2D eigenvalue weighted by atomic mass is 16.5. The molecule has 0 spiro atoms. The molecule has 0 saturated carbocycles. The standard InChI is InChI=1S/C28H30N4O3/c1-3-34-26-12-5-4-11-25(26)30-14-16-31(17-15-30)28(33)22-9-6-10-24(18-22)35-20-23-19-32-13-7-8-21(2)27(32)29-23/h4-13,18-19H,3,14-17,20H2,1-2H3. The van der Waals surface area contributed by atoms with Crippen molar-refractivity contribution in [3.8, 4) is 11.5 Å². The lowest BCUT2D eigenvalue weighted by Gasteiger charge is -2.36. The van der Waals surface area contributed by atoms with Crippen molar-refractivity contribution >= 4 is 17.2 Å². The Morgan fingerprint density at radius 3 is 2.60 bits per heavy atom. The number of hydrogen-bond acceptors (Lipinski definition) is 5. The fraction of sp³-hybridized carbons (Fsp3) is 0.286. The van der Waals surface area contributed by atoms with Crippen molar-refractivity contribution in [1.82, 2.24) is 14.3 Å². The third-order valence-corrected chi connectivity index (χ3v) is 6.27. The summed E-state index contributed by atoms with van der Waals surface area (Å²) in [5.41, 5.74) is 4.61. The zero-order valence-corrected chi connectivity index (χ0v) is 20.2. The van der Waals surface area contributed by atoms with Crippen LogP contribution in [-0.2, 0) is 6.61 Å². The number of amides is 1. The van der Waals surface area contributed by atoms with Gasteiger partial charge in [-0.05, 0) is 55.8 Å². The fourth-order valence-electron chi connectivity index (χ4n) is 4.48. The molecule has 7 heteroatoms. The Kier molecular flexibility index (Phi) is 6.57. The minimum atomic E-state index is 0.0246. The Balaban J connectivity index is 1.21. The SMILES string of the molecule is CCOc1ccccc1N1CCN(C(=O)c2cccc(OCc3cn4cccc(C)c4n3)c2)CC1. The molecule has 0 N–H and O–H groups in total. The van der Waals surface area contributed by atoms with Gasteiger partial charge in [-0.3, -0.25) is 4.79 Å². The van der Waals surface area contributed by atoms with Crippen molar-refractivity contribution in [2.45, 2.75) is 20.5 Å². The van der Waals surface area contributed by atoms with Gasteiger partial charge in [-0.2, -0.15) is 0 Å². The van der Waals surface area contributed by atoms with Gasteiger partial charge in [-0.15, -0.1) is 0 Å². The number of aryl methyl sites for hydroxylation is 1. The number of rotatable bonds is 7. The number of carbonyl (C=O) groups excluding carboxylic acids is 1. The van der Waals surface area contributed by atoms with Gasteiger partial charge >= 0.3 is 0 Å². The first kappa shape index (κ1) is 22.8. The summed E-state index contributed by atoms with van der Waals surface area (Å²) >= 11 is 0. The molecule has 1 saturated heterocycles. The largest absolute Gasteiger partial charge is 0.492 e. The summed E-state index contributed by atoms with van der Waals surface area (Å²) in [5, 5.41) is 0. The second-order valence-corrected chi connectivity index (χ2v) is 8.65. The molecule has 1 aliphatic rings. The highest BCUT2D eigenvalue weighted by molar-refractivity contribution is 5.94. The maximum absolute atomic E-state index is 13.2. The summed E-state index contributed by atoms with van der Waals surface area (Å²) in [5.74, 6) is 1.57. The number of hydrogen-bond donors (Lipinski definition) is 0. The molecule has 1 aliphatic heterocycles. The van der Waals surface area contributed by atoms with Gasteiger partial charge in [0.15, 0.2) is 0 Å². The van der Waals surface area contributed by atoms with E-state index in [1.807, 2.05) is 90.1 Å². The van der Waals surface area contributed by atoms with E-state index in [0.717, 1.165) is 41.4 Å². The van der Waals surface area contributed by atoms with E-state index >= 15 is 0 Å². The predicted octanol–water partition coefficient (Wildman–Crippen LogP) is 4.58. The van der Waals surface area contributed by atoms with Gasteiger partial charge in [0.2, 0.25) is 0 Å². The first-order valence-corrected chi connectivity index (χ1v) is 12.0. The number of ether oxygens (including phenoxy) is 2. The van der Waals surface area contributed by atoms with Crippen molar-refractivity contribution < 1.29 is 14.3 Å². The number of benzene rings is 2. The molecule has 4 aromatic rings. The summed E-state index contributed by atoms with van der Waals surface area (Å²) < 4.78 is 13.8. The van der Waals surface area contributed by atoms with Crippen molar-refractivity contribution in [2.24, 2.45) is 0 Å². The van der Waals surface area contributed by atoms with E-state index in [0.29, 0.717) is 37.6 Å². The van der Waals surface area contributed by atoms with E-state index in [4.69, 9.17) is 9.47 Å². The molecule has 5 rings (SSSR count). The van der Waals surface area contributed by atoms with Crippen molar-refractivity contribution in [1.29, 1.82) is 0 Å². The van der Waals surface area contributed by atoms with Gasteiger partial charge in [0.05, 0.1) is 18.0 Å². The summed E-state index contributed by atoms with van der Waals surface area (Å²) in [6, 6.07) is 19.5. The number of fused-ring (bicyclic) bond motifs is 1. The van der Waals surface area contributed by atoms with Crippen LogP contribution >= 0.6 is 0 Å². The molecule has 35 heavy (non-hydrogen) atoms. The lowest BCUT2D eigenvalue weighted by atomic mass is 10.1. The zero-order valence-electron chi connectivity index (χ0n) is 20.2. The minimum absolute atomic E-state index is 0.0246. The van der Waals surface area contributed by atoms with Crippen LogP contribution in [0.15, 0.2) is 73.1 Å². The number of imidazole rings is 1. The molecule has 0 bridgehead atoms. The molecule has 7 nitrogen and oxygen atoms in total. The molecule has 2 aromatic heterocycles. The van der Waals surface area contributed by atoms with Crippen molar-refractivity contribution in [3.63, 3.8) is 0 Å². The lowest BCUT2D eigenvalue weighted by Crippen LogP contribution is -2.48. The Bertz CT molecular complexity index is 1320. The van der Waals surface area contributed by atoms with Crippen LogP contribution in [0.25, 0.3) is 5.65 Å². The zero-order chi connectivity index (χ0) is 24.2. The molecule has 1 amide bonds. The van der Waals surface area contributed by atoms with Gasteiger partial charge in [0, 0.05) is 44.1 Å². The van der Waals surface area contributed by atoms with Crippen LogP contribution in [-0.4, -0.2) is 53.0 Å². The normalized spacial score (nSPS) is 13.8. The van der Waals surface area contributed by atoms with Gasteiger partial charge in [-0.1, -0.05) is 24.3 Å². The number of carbonyl (C=O) groups is 1. The number of pyridine rings is 1. The van der Waals surface area contributed by atoms with E-state index in [1.165, 1.54) is 0 Å². The molecule has 0 radical (unpaired) electrons. The first-order chi connectivity index (χ1) is 17.1. The molecular formula is C28H30N4O3. The van der Waals surface area contributed by atoms with Gasteiger partial charge in [0.25, 0.3) is 5.91 Å². The first-order valence-electron chi connectivity index (χ1n) is 12.0. The van der Waals surface area contributed by atoms with Crippen LogP contribution in [0.1, 0.15) is 28.5 Å². The summed E-state index contributed by atoms with van der Waals surface area (Å²) in [4.78, 5) is 22.1. The molecule has 1 fully saturated rings. The van der Waals surface area contributed by atoms with Crippen LogP contribution in [0.5, 0.6) is 11.5 Å². The van der Waals surface area contributed by atoms with Crippen molar-refractivity contribution in [3.05, 3.63) is 89.9 Å². The smallest absolute Gasteiger partial charge is 0.254 e. The number of para-hydroxylation sites is 2. The Morgan fingerprint density at radius 1 is 0.971 bits per heavy atom. The molecule has 2 aromatic carbocycles. The fourth-order valence-corrected chi connectivity index (χ4v) is 4.48. The second-order valence-electron chi connectivity index (χ2n) is 8.65. The lowest BCUT2D eigenvalue weighted by molar-refractivity contribution is 0.0746. The number of aromatic nitrogens is 2. The number of piperazine rings is 1. The van der Waals surface area contributed by atoms with Crippen LogP contribution in [0.4, 0.5) is 5.69 Å². The quantitative estimate of drug-likeness (QED) is 0.396. The van der Waals surface area contributed by atoms with E-state index in [1.54, 1.807) is 0 Å². The summed E-state index contributed by atoms with van der Waals surface area (Å²) in [7, 11) is 0. The maximum atomic E-state index is 13.2. The highest BCUT2D eigenvalue weighted by Gasteiger charge is 2.24. The number of nitrogens with zero attached hydrogens (tertiary/aromatic N) is 4. The Labute approximate surface area is 205 Å². The summed E-state index contributed by atoms with van der Waals surface area (Å²) in [6.45, 7) is 7.85. The van der Waals surface area contributed by atoms with Gasteiger partial charge in [0.1, 0.15) is 23.8 Å². The molecule has 180 valence electrons. The van der Waals surface area contributed by atoms with Crippen molar-refractivity contribution in [2.75, 3.05) is 37.7 Å². The van der Waals surface area contributed by atoms with Crippen LogP contribution in [0.2, 0.25) is 0 Å². The molecule has 0 atom stereocenters. The minimum Gasteiger partial charge on any atom is -0.492 e. The molecule has 3 heterocycles. The monoisotopic (exact) mass is 470 g/mol. The van der Waals surface area contributed by atoms with E-state index < -0.39 is 0 Å². The van der Waals surface area contributed by atoms with E-state index in [9.17, 15) is 4.79 Å². The predicted molar refractivity (Wildman–Crippen MR) is 136 cm³/mol. The average molecular weight is 471 g/mol. The summed E-state index contributed by atoms with van der Waals surface area (Å²) in [6.07, 6.45) is 3.95. The third kappa shape index (κ3) is 4.94. The highest BCUT2D eigenvalue weighted by Crippen LogP contribution is 2.29.